The van der Waals surface area contributed by atoms with Crippen LogP contribution in [0.25, 0.3) is 0 Å². The number of likely N-dealkylation sites (tertiary alicyclic amines) is 1. The minimum atomic E-state index is -0.0326. The first-order valence-corrected chi connectivity index (χ1v) is 6.92. The van der Waals surface area contributed by atoms with Crippen LogP contribution in [-0.2, 0) is 9.53 Å². The van der Waals surface area contributed by atoms with Crippen LogP contribution in [0.3, 0.4) is 0 Å². The Balaban J connectivity index is 2.07. The fraction of sp³-hybridized carbons (Fsp3) is 0.714. The van der Waals surface area contributed by atoms with Crippen molar-refractivity contribution in [2.75, 3.05) is 20.2 Å². The number of hydrazone groups is 1. The van der Waals surface area contributed by atoms with Crippen molar-refractivity contribution in [2.24, 2.45) is 5.10 Å². The number of ether oxygens (including phenoxy) is 1. The molecule has 2 heterocycles. The zero-order valence-electron chi connectivity index (χ0n) is 12.0. The summed E-state index contributed by atoms with van der Waals surface area (Å²) in [6, 6.07) is 0. The van der Waals surface area contributed by atoms with Crippen molar-refractivity contribution < 1.29 is 9.53 Å². The highest BCUT2D eigenvalue weighted by Gasteiger charge is 2.31. The maximum absolute atomic E-state index is 11.7. The summed E-state index contributed by atoms with van der Waals surface area (Å²) in [5, 5.41) is 4.10. The average molecular weight is 265 g/mol. The SMILES string of the molecule is CCC1=NNC(=O)CC(N2CCC(C)(OC)CC2)=C1. The van der Waals surface area contributed by atoms with Gasteiger partial charge in [0.2, 0.25) is 5.91 Å². The number of nitrogens with zero attached hydrogens (tertiary/aromatic N) is 2. The Morgan fingerprint density at radius 2 is 2.16 bits per heavy atom. The molecule has 0 radical (unpaired) electrons. The van der Waals surface area contributed by atoms with E-state index < -0.39 is 0 Å². The molecular weight excluding hydrogens is 242 g/mol. The zero-order chi connectivity index (χ0) is 13.9. The summed E-state index contributed by atoms with van der Waals surface area (Å²) in [6.07, 6.45) is 5.26. The number of methoxy groups -OCH3 is 1. The Labute approximate surface area is 114 Å². The van der Waals surface area contributed by atoms with Crippen LogP contribution >= 0.6 is 0 Å². The molecule has 0 aromatic carbocycles. The lowest BCUT2D eigenvalue weighted by molar-refractivity contribution is -0.120. The van der Waals surface area contributed by atoms with E-state index in [9.17, 15) is 4.79 Å². The highest BCUT2D eigenvalue weighted by Crippen LogP contribution is 2.28. The van der Waals surface area contributed by atoms with E-state index in [4.69, 9.17) is 4.74 Å². The number of rotatable bonds is 3. The fourth-order valence-corrected chi connectivity index (χ4v) is 2.47. The molecule has 0 saturated carbocycles. The molecule has 2 aliphatic rings. The summed E-state index contributed by atoms with van der Waals surface area (Å²) in [6.45, 7) is 6.06. The van der Waals surface area contributed by atoms with Crippen molar-refractivity contribution in [3.8, 4) is 0 Å². The van der Waals surface area contributed by atoms with E-state index >= 15 is 0 Å². The molecule has 106 valence electrons. The fourth-order valence-electron chi connectivity index (χ4n) is 2.47. The highest BCUT2D eigenvalue weighted by molar-refractivity contribution is 5.98. The lowest BCUT2D eigenvalue weighted by atomic mass is 9.92. The number of nitrogens with one attached hydrogen (secondary N) is 1. The molecule has 5 heteroatoms. The summed E-state index contributed by atoms with van der Waals surface area (Å²) in [7, 11) is 1.77. The molecule has 1 N–H and O–H groups in total. The highest BCUT2D eigenvalue weighted by atomic mass is 16.5. The van der Waals surface area contributed by atoms with Crippen LogP contribution < -0.4 is 5.43 Å². The van der Waals surface area contributed by atoms with Gasteiger partial charge in [0.25, 0.3) is 0 Å². The molecule has 0 aromatic rings. The second-order valence-corrected chi connectivity index (χ2v) is 5.45. The molecule has 19 heavy (non-hydrogen) atoms. The van der Waals surface area contributed by atoms with Gasteiger partial charge in [-0.1, -0.05) is 6.92 Å². The first-order valence-electron chi connectivity index (χ1n) is 6.92. The predicted octanol–water partition coefficient (Wildman–Crippen LogP) is 1.66. The third-order valence-electron chi connectivity index (χ3n) is 4.08. The minimum absolute atomic E-state index is 0.0221. The smallest absolute Gasteiger partial charge is 0.245 e. The van der Waals surface area contributed by atoms with Crippen LogP contribution in [-0.4, -0.2) is 42.3 Å². The van der Waals surface area contributed by atoms with Gasteiger partial charge in [0.1, 0.15) is 0 Å². The summed E-state index contributed by atoms with van der Waals surface area (Å²) < 4.78 is 5.55. The van der Waals surface area contributed by atoms with Gasteiger partial charge < -0.3 is 9.64 Å². The Kier molecular flexibility index (Phi) is 4.24. The van der Waals surface area contributed by atoms with Crippen molar-refractivity contribution in [3.05, 3.63) is 11.8 Å². The van der Waals surface area contributed by atoms with Crippen molar-refractivity contribution in [1.82, 2.24) is 10.3 Å². The number of carbonyl (C=O) groups is 1. The van der Waals surface area contributed by atoms with E-state index in [0.29, 0.717) is 6.42 Å². The first kappa shape index (κ1) is 14.1. The molecule has 2 rings (SSSR count). The van der Waals surface area contributed by atoms with E-state index in [0.717, 1.165) is 43.8 Å². The molecule has 0 aliphatic carbocycles. The number of piperidine rings is 1. The molecule has 0 spiro atoms. The number of hydrogen-bond donors (Lipinski definition) is 1. The van der Waals surface area contributed by atoms with Gasteiger partial charge in [-0.15, -0.1) is 0 Å². The predicted molar refractivity (Wildman–Crippen MR) is 74.8 cm³/mol. The van der Waals surface area contributed by atoms with Gasteiger partial charge in [0.05, 0.1) is 17.7 Å². The van der Waals surface area contributed by atoms with Gasteiger partial charge in [-0.25, -0.2) is 5.43 Å². The number of hydrogen-bond acceptors (Lipinski definition) is 4. The standard InChI is InChI=1S/C14H23N3O2/c1-4-11-9-12(10-13(18)16-15-11)17-7-5-14(2,19-3)6-8-17/h9H,4-8,10H2,1-3H3,(H,16,18). The minimum Gasteiger partial charge on any atom is -0.378 e. The normalized spacial score (nSPS) is 23.3. The van der Waals surface area contributed by atoms with Crippen molar-refractivity contribution in [2.45, 2.75) is 45.1 Å². The van der Waals surface area contributed by atoms with E-state index in [1.54, 1.807) is 7.11 Å². The summed E-state index contributed by atoms with van der Waals surface area (Å²) >= 11 is 0. The zero-order valence-corrected chi connectivity index (χ0v) is 12.0. The third-order valence-corrected chi connectivity index (χ3v) is 4.08. The molecule has 0 bridgehead atoms. The van der Waals surface area contributed by atoms with Crippen molar-refractivity contribution in [3.63, 3.8) is 0 Å². The van der Waals surface area contributed by atoms with Crippen LogP contribution in [0, 0.1) is 0 Å². The molecule has 5 nitrogen and oxygen atoms in total. The Bertz CT molecular complexity index is 407. The Hall–Kier alpha value is -1.36. The van der Waals surface area contributed by atoms with Gasteiger partial charge in [0.15, 0.2) is 0 Å². The summed E-state index contributed by atoms with van der Waals surface area (Å²) in [5.74, 6) is -0.0326. The van der Waals surface area contributed by atoms with Gasteiger partial charge in [0, 0.05) is 25.9 Å². The van der Waals surface area contributed by atoms with Gasteiger partial charge in [-0.2, -0.15) is 5.10 Å². The van der Waals surface area contributed by atoms with Crippen molar-refractivity contribution >= 4 is 11.6 Å². The van der Waals surface area contributed by atoms with Crippen LogP contribution in [0.4, 0.5) is 0 Å². The number of allylic oxidation sites excluding steroid dienone is 1. The maximum atomic E-state index is 11.7. The maximum Gasteiger partial charge on any atom is 0.245 e. The lowest BCUT2D eigenvalue weighted by Gasteiger charge is -2.40. The molecule has 0 aromatic heterocycles. The molecule has 1 amide bonds. The largest absolute Gasteiger partial charge is 0.378 e. The third kappa shape index (κ3) is 3.35. The average Bonchev–Trinajstić information content (AvgIpc) is 2.61. The Morgan fingerprint density at radius 1 is 1.47 bits per heavy atom. The molecule has 1 fully saturated rings. The van der Waals surface area contributed by atoms with E-state index in [2.05, 4.69) is 22.4 Å². The second-order valence-electron chi connectivity index (χ2n) is 5.45. The topological polar surface area (TPSA) is 53.9 Å². The van der Waals surface area contributed by atoms with E-state index in [1.807, 2.05) is 13.0 Å². The first-order chi connectivity index (χ1) is 9.06. The molecular formula is C14H23N3O2. The van der Waals surface area contributed by atoms with Gasteiger partial charge in [-0.3, -0.25) is 4.79 Å². The quantitative estimate of drug-likeness (QED) is 0.844. The second kappa shape index (κ2) is 5.74. The lowest BCUT2D eigenvalue weighted by Crippen LogP contribution is -2.43. The summed E-state index contributed by atoms with van der Waals surface area (Å²) in [4.78, 5) is 14.0. The van der Waals surface area contributed by atoms with Crippen molar-refractivity contribution in [1.29, 1.82) is 0 Å². The van der Waals surface area contributed by atoms with E-state index in [-0.39, 0.29) is 11.5 Å². The van der Waals surface area contributed by atoms with Gasteiger partial charge >= 0.3 is 0 Å². The molecule has 2 aliphatic heterocycles. The van der Waals surface area contributed by atoms with E-state index in [1.165, 1.54) is 0 Å². The van der Waals surface area contributed by atoms with Crippen LogP contribution in [0.15, 0.2) is 16.9 Å². The summed E-state index contributed by atoms with van der Waals surface area (Å²) in [5.41, 5.74) is 4.57. The molecule has 0 unspecified atom stereocenters. The van der Waals surface area contributed by atoms with Crippen LogP contribution in [0.5, 0.6) is 0 Å². The van der Waals surface area contributed by atoms with Crippen LogP contribution in [0.2, 0.25) is 0 Å². The number of carbonyl (C=O) groups excluding carboxylic acids is 1. The molecule has 1 saturated heterocycles. The monoisotopic (exact) mass is 265 g/mol. The van der Waals surface area contributed by atoms with Gasteiger partial charge in [-0.05, 0) is 32.3 Å². The van der Waals surface area contributed by atoms with Crippen LogP contribution in [0.1, 0.15) is 39.5 Å². The molecule has 0 atom stereocenters. The Morgan fingerprint density at radius 3 is 2.74 bits per heavy atom. The number of amides is 1.